The number of hydrogen-bond acceptors (Lipinski definition) is 4. The highest BCUT2D eigenvalue weighted by molar-refractivity contribution is 6.31. The van der Waals surface area contributed by atoms with Gasteiger partial charge < -0.3 is 10.2 Å². The number of nitrogens with zero attached hydrogens (tertiary/aromatic N) is 2. The zero-order valence-corrected chi connectivity index (χ0v) is 22.0. The number of anilines is 1. The zero-order chi connectivity index (χ0) is 25.2. The van der Waals surface area contributed by atoms with E-state index in [0.717, 1.165) is 40.9 Å². The van der Waals surface area contributed by atoms with Crippen molar-refractivity contribution in [2.45, 2.75) is 64.8 Å². The molecule has 36 heavy (non-hydrogen) atoms. The molecule has 2 heterocycles. The molecule has 1 aromatic heterocycles. The van der Waals surface area contributed by atoms with Gasteiger partial charge in [0, 0.05) is 41.2 Å². The Labute approximate surface area is 218 Å². The predicted molar refractivity (Wildman–Crippen MR) is 147 cm³/mol. The van der Waals surface area contributed by atoms with Crippen LogP contribution in [0.15, 0.2) is 36.5 Å². The van der Waals surface area contributed by atoms with E-state index in [2.05, 4.69) is 15.2 Å². The number of rotatable bonds is 7. The van der Waals surface area contributed by atoms with Crippen molar-refractivity contribution in [3.05, 3.63) is 58.5 Å². The van der Waals surface area contributed by atoms with Crippen LogP contribution in [0.1, 0.15) is 67.8 Å². The van der Waals surface area contributed by atoms with Gasteiger partial charge in [-0.3, -0.25) is 9.78 Å². The van der Waals surface area contributed by atoms with Crippen LogP contribution in [0, 0.1) is 18.7 Å². The van der Waals surface area contributed by atoms with Crippen molar-refractivity contribution in [1.29, 1.82) is 0 Å². The lowest BCUT2D eigenvalue weighted by molar-refractivity contribution is 0.0988. The molecular formula is C30H35ClFN3O. The first kappa shape index (κ1) is 25.2. The average Bonchev–Trinajstić information content (AvgIpc) is 3.40. The van der Waals surface area contributed by atoms with Crippen LogP contribution in [0.3, 0.4) is 0 Å². The zero-order valence-electron chi connectivity index (χ0n) is 21.2. The van der Waals surface area contributed by atoms with Crippen molar-refractivity contribution >= 4 is 34.0 Å². The topological polar surface area (TPSA) is 45.2 Å². The SMILES string of the molecule is CCC(=O)c1cnc2ccc(-c3cc(F)c(C)c(Cl)c3)cc2c1NC1CCC(CN2CCCC2)CC1. The highest BCUT2D eigenvalue weighted by Gasteiger charge is 2.26. The second-order valence-corrected chi connectivity index (χ2v) is 10.9. The van der Waals surface area contributed by atoms with Gasteiger partial charge in [-0.2, -0.15) is 0 Å². The molecule has 0 spiro atoms. The number of pyridine rings is 1. The molecule has 3 aromatic rings. The van der Waals surface area contributed by atoms with Crippen LogP contribution < -0.4 is 5.32 Å². The van der Waals surface area contributed by atoms with Crippen LogP contribution in [0.25, 0.3) is 22.0 Å². The predicted octanol–water partition coefficient (Wildman–Crippen LogP) is 7.66. The Bertz CT molecular complexity index is 1240. The molecule has 0 unspecified atom stereocenters. The summed E-state index contributed by atoms with van der Waals surface area (Å²) in [6.45, 7) is 7.29. The van der Waals surface area contributed by atoms with Gasteiger partial charge in [0.15, 0.2) is 5.78 Å². The first-order valence-corrected chi connectivity index (χ1v) is 13.7. The molecule has 1 N–H and O–H groups in total. The second-order valence-electron chi connectivity index (χ2n) is 10.5. The van der Waals surface area contributed by atoms with Crippen molar-refractivity contribution in [1.82, 2.24) is 9.88 Å². The van der Waals surface area contributed by atoms with E-state index in [4.69, 9.17) is 11.6 Å². The molecule has 0 radical (unpaired) electrons. The van der Waals surface area contributed by atoms with E-state index in [9.17, 15) is 9.18 Å². The van der Waals surface area contributed by atoms with E-state index < -0.39 is 0 Å². The fourth-order valence-electron chi connectivity index (χ4n) is 5.77. The van der Waals surface area contributed by atoms with Crippen molar-refractivity contribution in [3.63, 3.8) is 0 Å². The Morgan fingerprint density at radius 1 is 1.11 bits per heavy atom. The summed E-state index contributed by atoms with van der Waals surface area (Å²) in [5.74, 6) is 0.513. The number of carbonyl (C=O) groups excluding carboxylic acids is 1. The van der Waals surface area contributed by atoms with E-state index in [-0.39, 0.29) is 11.6 Å². The monoisotopic (exact) mass is 507 g/mol. The molecule has 2 aromatic carbocycles. The van der Waals surface area contributed by atoms with Crippen LogP contribution in [0.5, 0.6) is 0 Å². The molecule has 4 nitrogen and oxygen atoms in total. The number of aromatic nitrogens is 1. The van der Waals surface area contributed by atoms with Gasteiger partial charge in [0.2, 0.25) is 0 Å². The summed E-state index contributed by atoms with van der Waals surface area (Å²) in [4.78, 5) is 20.1. The van der Waals surface area contributed by atoms with Crippen LogP contribution >= 0.6 is 11.6 Å². The molecule has 1 aliphatic heterocycles. The Morgan fingerprint density at radius 3 is 2.56 bits per heavy atom. The normalized spacial score (nSPS) is 20.7. The van der Waals surface area contributed by atoms with Gasteiger partial charge in [0.25, 0.3) is 0 Å². The summed E-state index contributed by atoms with van der Waals surface area (Å²) in [6.07, 6.45) is 9.41. The standard InChI is InChI=1S/C30H35ClFN3O/c1-3-29(36)25-17-33-28-11-8-21(22-15-26(31)19(2)27(32)16-22)14-24(28)30(25)34-23-9-6-20(7-10-23)18-35-12-4-5-13-35/h8,11,14-17,20,23H,3-7,9-10,12-13,18H2,1-2H3,(H,33,34). The van der Waals surface area contributed by atoms with Gasteiger partial charge in [0.05, 0.1) is 16.8 Å². The molecule has 1 saturated carbocycles. The third-order valence-electron chi connectivity index (χ3n) is 8.01. The number of fused-ring (bicyclic) bond motifs is 1. The minimum atomic E-state index is -0.324. The van der Waals surface area contributed by atoms with Crippen molar-refractivity contribution in [2.24, 2.45) is 5.92 Å². The lowest BCUT2D eigenvalue weighted by atomic mass is 9.85. The first-order valence-electron chi connectivity index (χ1n) is 13.3. The summed E-state index contributed by atoms with van der Waals surface area (Å²) in [5, 5.41) is 5.05. The molecule has 2 aliphatic rings. The first-order chi connectivity index (χ1) is 17.4. The Morgan fingerprint density at radius 2 is 1.86 bits per heavy atom. The number of carbonyl (C=O) groups is 1. The van der Waals surface area contributed by atoms with Gasteiger partial charge in [0.1, 0.15) is 5.82 Å². The maximum Gasteiger partial charge on any atom is 0.166 e. The van der Waals surface area contributed by atoms with Crippen LogP contribution in [-0.4, -0.2) is 41.3 Å². The molecule has 2 fully saturated rings. The lowest BCUT2D eigenvalue weighted by Crippen LogP contribution is -2.33. The number of halogens is 2. The third-order valence-corrected chi connectivity index (χ3v) is 8.41. The molecule has 1 aliphatic carbocycles. The third kappa shape index (κ3) is 5.28. The number of hydrogen-bond donors (Lipinski definition) is 1. The lowest BCUT2D eigenvalue weighted by Gasteiger charge is -2.32. The van der Waals surface area contributed by atoms with Gasteiger partial charge >= 0.3 is 0 Å². The van der Waals surface area contributed by atoms with E-state index >= 15 is 0 Å². The Hall–Kier alpha value is -2.50. The summed E-state index contributed by atoms with van der Waals surface area (Å²) in [7, 11) is 0. The molecule has 190 valence electrons. The van der Waals surface area contributed by atoms with Gasteiger partial charge in [-0.1, -0.05) is 24.6 Å². The fraction of sp³-hybridized carbons (Fsp3) is 0.467. The highest BCUT2D eigenvalue weighted by Crippen LogP contribution is 2.36. The Kier molecular flexibility index (Phi) is 7.59. The van der Waals surface area contributed by atoms with Gasteiger partial charge in [-0.25, -0.2) is 4.39 Å². The largest absolute Gasteiger partial charge is 0.381 e. The summed E-state index contributed by atoms with van der Waals surface area (Å²) >= 11 is 6.29. The number of nitrogens with one attached hydrogen (secondary N) is 1. The summed E-state index contributed by atoms with van der Waals surface area (Å²) in [5.41, 5.74) is 4.32. The van der Waals surface area contributed by atoms with Crippen LogP contribution in [-0.2, 0) is 0 Å². The second kappa shape index (κ2) is 10.9. The van der Waals surface area contributed by atoms with E-state index in [1.807, 2.05) is 25.1 Å². The van der Waals surface area contributed by atoms with E-state index in [1.54, 1.807) is 19.2 Å². The molecule has 0 atom stereocenters. The molecule has 5 rings (SSSR count). The number of Topliss-reactive ketones (excluding diaryl/α,β-unsaturated/α-hetero) is 1. The van der Waals surface area contributed by atoms with Gasteiger partial charge in [-0.15, -0.1) is 0 Å². The number of ketones is 1. The highest BCUT2D eigenvalue weighted by atomic mass is 35.5. The smallest absolute Gasteiger partial charge is 0.166 e. The van der Waals surface area contributed by atoms with E-state index in [0.29, 0.717) is 34.2 Å². The summed E-state index contributed by atoms with van der Waals surface area (Å²) < 4.78 is 14.4. The van der Waals surface area contributed by atoms with Gasteiger partial charge in [-0.05, 0) is 99.8 Å². The molecule has 1 saturated heterocycles. The van der Waals surface area contributed by atoms with Crippen LogP contribution in [0.4, 0.5) is 10.1 Å². The summed E-state index contributed by atoms with van der Waals surface area (Å²) in [6, 6.07) is 9.52. The molecule has 0 bridgehead atoms. The number of likely N-dealkylation sites (tertiary alicyclic amines) is 1. The van der Waals surface area contributed by atoms with E-state index in [1.165, 1.54) is 51.4 Å². The molecular weight excluding hydrogens is 473 g/mol. The maximum atomic E-state index is 14.4. The molecule has 0 amide bonds. The minimum Gasteiger partial charge on any atom is -0.381 e. The fourth-order valence-corrected chi connectivity index (χ4v) is 5.97. The van der Waals surface area contributed by atoms with Crippen molar-refractivity contribution < 1.29 is 9.18 Å². The van der Waals surface area contributed by atoms with Crippen molar-refractivity contribution in [3.8, 4) is 11.1 Å². The minimum absolute atomic E-state index is 0.0736. The number of benzene rings is 2. The van der Waals surface area contributed by atoms with Crippen LogP contribution in [0.2, 0.25) is 5.02 Å². The maximum absolute atomic E-state index is 14.4. The Balaban J connectivity index is 1.44. The average molecular weight is 508 g/mol. The van der Waals surface area contributed by atoms with Crippen molar-refractivity contribution in [2.75, 3.05) is 25.0 Å². The molecule has 6 heteroatoms. The quantitative estimate of drug-likeness (QED) is 0.333.